The van der Waals surface area contributed by atoms with Gasteiger partial charge in [0, 0.05) is 23.4 Å². The SMILES string of the molecule is COC(=O)C1([N+](=O)[O-])CCN(C(=O)O)C(C)(C)C1. The van der Waals surface area contributed by atoms with Gasteiger partial charge in [-0.15, -0.1) is 0 Å². The van der Waals surface area contributed by atoms with Gasteiger partial charge >= 0.3 is 17.6 Å². The minimum atomic E-state index is -1.86. The normalized spacial score (nSPS) is 26.5. The van der Waals surface area contributed by atoms with Crippen LogP contribution in [0.5, 0.6) is 0 Å². The molecule has 1 N–H and O–H groups in total. The second-order valence-corrected chi connectivity index (χ2v) is 4.95. The van der Waals surface area contributed by atoms with Crippen molar-refractivity contribution in [2.45, 2.75) is 37.8 Å². The van der Waals surface area contributed by atoms with E-state index in [1.54, 1.807) is 13.8 Å². The minimum absolute atomic E-state index is 0.0710. The Morgan fingerprint density at radius 3 is 2.33 bits per heavy atom. The monoisotopic (exact) mass is 260 g/mol. The topological polar surface area (TPSA) is 110 Å². The lowest BCUT2D eigenvalue weighted by atomic mass is 9.77. The fraction of sp³-hybridized carbons (Fsp3) is 0.800. The molecule has 1 heterocycles. The summed E-state index contributed by atoms with van der Waals surface area (Å²) in [6, 6.07) is 0. The number of hydrogen-bond acceptors (Lipinski definition) is 5. The van der Waals surface area contributed by atoms with Crippen molar-refractivity contribution in [2.24, 2.45) is 0 Å². The number of piperidine rings is 1. The van der Waals surface area contributed by atoms with Crippen molar-refractivity contribution < 1.29 is 24.4 Å². The number of nitrogens with zero attached hydrogens (tertiary/aromatic N) is 2. The molecule has 102 valence electrons. The lowest BCUT2D eigenvalue weighted by molar-refractivity contribution is -0.563. The van der Waals surface area contributed by atoms with E-state index >= 15 is 0 Å². The lowest BCUT2D eigenvalue weighted by Gasteiger charge is -2.44. The molecule has 0 saturated carbocycles. The Labute approximate surface area is 104 Å². The average Bonchev–Trinajstić information content (AvgIpc) is 2.25. The molecule has 1 unspecified atom stereocenters. The third-order valence-electron chi connectivity index (χ3n) is 3.35. The van der Waals surface area contributed by atoms with E-state index in [1.165, 1.54) is 0 Å². The summed E-state index contributed by atoms with van der Waals surface area (Å²) in [4.78, 5) is 34.3. The third-order valence-corrected chi connectivity index (χ3v) is 3.35. The van der Waals surface area contributed by atoms with Gasteiger partial charge in [0.05, 0.1) is 13.5 Å². The van der Waals surface area contributed by atoms with Gasteiger partial charge in [-0.25, -0.2) is 9.59 Å². The van der Waals surface area contributed by atoms with Gasteiger partial charge in [0.2, 0.25) is 0 Å². The van der Waals surface area contributed by atoms with E-state index in [0.717, 1.165) is 12.0 Å². The summed E-state index contributed by atoms with van der Waals surface area (Å²) in [5.74, 6) is -0.925. The highest BCUT2D eigenvalue weighted by atomic mass is 16.6. The summed E-state index contributed by atoms with van der Waals surface area (Å²) in [5, 5.41) is 20.2. The number of nitro groups is 1. The van der Waals surface area contributed by atoms with Crippen molar-refractivity contribution in [3.05, 3.63) is 10.1 Å². The van der Waals surface area contributed by atoms with Crippen LogP contribution in [0.2, 0.25) is 0 Å². The van der Waals surface area contributed by atoms with Gasteiger partial charge in [0.15, 0.2) is 0 Å². The Morgan fingerprint density at radius 2 is 2.00 bits per heavy atom. The first-order chi connectivity index (χ1) is 8.17. The molecule has 0 aliphatic carbocycles. The highest BCUT2D eigenvalue weighted by Crippen LogP contribution is 2.37. The molecule has 18 heavy (non-hydrogen) atoms. The van der Waals surface area contributed by atoms with Crippen LogP contribution in [0.3, 0.4) is 0 Å². The van der Waals surface area contributed by atoms with E-state index in [1.807, 2.05) is 0 Å². The summed E-state index contributed by atoms with van der Waals surface area (Å²) in [6.45, 7) is 3.04. The first-order valence-electron chi connectivity index (χ1n) is 5.41. The molecule has 1 fully saturated rings. The van der Waals surface area contributed by atoms with E-state index in [0.29, 0.717) is 0 Å². The minimum Gasteiger partial charge on any atom is -0.465 e. The second-order valence-electron chi connectivity index (χ2n) is 4.95. The number of carbonyl (C=O) groups excluding carboxylic acids is 1. The van der Waals surface area contributed by atoms with Crippen molar-refractivity contribution in [1.29, 1.82) is 0 Å². The third kappa shape index (κ3) is 2.09. The van der Waals surface area contributed by atoms with Crippen molar-refractivity contribution >= 4 is 12.1 Å². The van der Waals surface area contributed by atoms with Crippen LogP contribution >= 0.6 is 0 Å². The van der Waals surface area contributed by atoms with E-state index in [4.69, 9.17) is 5.11 Å². The average molecular weight is 260 g/mol. The molecule has 1 atom stereocenters. The predicted molar refractivity (Wildman–Crippen MR) is 59.8 cm³/mol. The quantitative estimate of drug-likeness (QED) is 0.445. The van der Waals surface area contributed by atoms with Crippen molar-refractivity contribution in [3.8, 4) is 0 Å². The lowest BCUT2D eigenvalue weighted by Crippen LogP contribution is -2.63. The van der Waals surface area contributed by atoms with Gasteiger partial charge in [-0.2, -0.15) is 0 Å². The number of methoxy groups -OCH3 is 1. The summed E-state index contributed by atoms with van der Waals surface area (Å²) in [7, 11) is 1.09. The fourth-order valence-electron chi connectivity index (χ4n) is 2.45. The molecule has 0 aromatic rings. The molecule has 1 saturated heterocycles. The number of hydrogen-bond donors (Lipinski definition) is 1. The maximum absolute atomic E-state index is 11.7. The second kappa shape index (κ2) is 4.43. The molecule has 0 aromatic carbocycles. The highest BCUT2D eigenvalue weighted by Gasteiger charge is 2.60. The smallest absolute Gasteiger partial charge is 0.407 e. The van der Waals surface area contributed by atoms with Gasteiger partial charge in [0.25, 0.3) is 0 Å². The molecule has 8 nitrogen and oxygen atoms in total. The number of carbonyl (C=O) groups is 2. The van der Waals surface area contributed by atoms with Gasteiger partial charge in [-0.3, -0.25) is 10.1 Å². The van der Waals surface area contributed by atoms with Crippen LogP contribution < -0.4 is 0 Å². The summed E-state index contributed by atoms with van der Waals surface area (Å²) < 4.78 is 4.50. The standard InChI is InChI=1S/C10H16N2O6/c1-9(2)6-10(12(16)17,7(13)18-3)4-5-11(9)8(14)15/h4-6H2,1-3H3,(H,14,15). The number of esters is 1. The van der Waals surface area contributed by atoms with E-state index in [2.05, 4.69) is 4.74 Å². The molecule has 1 rings (SSSR count). The predicted octanol–water partition coefficient (Wildman–Crippen LogP) is 0.727. The first-order valence-corrected chi connectivity index (χ1v) is 5.41. The molecule has 0 bridgehead atoms. The van der Waals surface area contributed by atoms with Crippen molar-refractivity contribution in [2.75, 3.05) is 13.7 Å². The van der Waals surface area contributed by atoms with Gasteiger partial charge in [0.1, 0.15) is 0 Å². The van der Waals surface area contributed by atoms with Gasteiger partial charge in [-0.1, -0.05) is 0 Å². The first kappa shape index (κ1) is 14.2. The Balaban J connectivity index is 3.12. The molecule has 0 radical (unpaired) electrons. The Hall–Kier alpha value is -1.86. The van der Waals surface area contributed by atoms with Crippen LogP contribution in [-0.2, 0) is 9.53 Å². The van der Waals surface area contributed by atoms with E-state index in [9.17, 15) is 19.7 Å². The number of likely N-dealkylation sites (tertiary alicyclic amines) is 1. The Kier molecular flexibility index (Phi) is 3.50. The molecule has 0 spiro atoms. The van der Waals surface area contributed by atoms with Crippen LogP contribution in [0.25, 0.3) is 0 Å². The molecule has 0 aromatic heterocycles. The van der Waals surface area contributed by atoms with Crippen LogP contribution in [0.1, 0.15) is 26.7 Å². The molecule has 1 aliphatic heterocycles. The van der Waals surface area contributed by atoms with Crippen LogP contribution in [-0.4, -0.2) is 51.7 Å². The van der Waals surface area contributed by atoms with E-state index < -0.39 is 28.1 Å². The van der Waals surface area contributed by atoms with Crippen molar-refractivity contribution in [3.63, 3.8) is 0 Å². The molecular formula is C10H16N2O6. The fourth-order valence-corrected chi connectivity index (χ4v) is 2.45. The number of carboxylic acid groups (broad SMARTS) is 1. The zero-order valence-corrected chi connectivity index (χ0v) is 10.5. The van der Waals surface area contributed by atoms with Crippen LogP contribution in [0.15, 0.2) is 0 Å². The van der Waals surface area contributed by atoms with Gasteiger partial charge in [-0.05, 0) is 13.8 Å². The summed E-state index contributed by atoms with van der Waals surface area (Å²) in [6.07, 6.45) is -1.53. The molecular weight excluding hydrogens is 244 g/mol. The van der Waals surface area contributed by atoms with Gasteiger partial charge < -0.3 is 14.7 Å². The largest absolute Gasteiger partial charge is 0.465 e. The number of ether oxygens (including phenoxy) is 1. The molecule has 1 aliphatic rings. The van der Waals surface area contributed by atoms with Crippen LogP contribution in [0, 0.1) is 10.1 Å². The van der Waals surface area contributed by atoms with Crippen LogP contribution in [0.4, 0.5) is 4.79 Å². The summed E-state index contributed by atoms with van der Waals surface area (Å²) in [5.41, 5.74) is -2.85. The zero-order valence-electron chi connectivity index (χ0n) is 10.5. The Morgan fingerprint density at radius 1 is 1.44 bits per heavy atom. The highest BCUT2D eigenvalue weighted by molar-refractivity contribution is 5.80. The molecule has 1 amide bonds. The number of rotatable bonds is 2. The maximum atomic E-state index is 11.7. The molecule has 8 heteroatoms. The summed E-state index contributed by atoms with van der Waals surface area (Å²) >= 11 is 0. The Bertz CT molecular complexity index is 394. The van der Waals surface area contributed by atoms with Crippen molar-refractivity contribution in [1.82, 2.24) is 4.90 Å². The number of amides is 1. The maximum Gasteiger partial charge on any atom is 0.407 e. The zero-order chi connectivity index (χ0) is 14.1. The van der Waals surface area contributed by atoms with E-state index in [-0.39, 0.29) is 19.4 Å².